The number of ether oxygens (including phenoxy) is 2. The highest BCUT2D eigenvalue weighted by atomic mass is 32.2. The van der Waals surface area contributed by atoms with Crippen molar-refractivity contribution in [2.45, 2.75) is 30.6 Å². The average molecular weight is 473 g/mol. The Morgan fingerprint density at radius 1 is 1.03 bits per heavy atom. The van der Waals surface area contributed by atoms with Gasteiger partial charge in [0, 0.05) is 30.9 Å². The van der Waals surface area contributed by atoms with Crippen LogP contribution in [0.5, 0.6) is 5.75 Å². The number of methoxy groups -OCH3 is 1. The summed E-state index contributed by atoms with van der Waals surface area (Å²) in [6, 6.07) is 13.1. The molecule has 0 aromatic heterocycles. The highest BCUT2D eigenvalue weighted by Gasteiger charge is 2.24. The molecule has 1 aliphatic rings. The molecule has 0 atom stereocenters. The summed E-state index contributed by atoms with van der Waals surface area (Å²) < 4.78 is 37.2. The van der Waals surface area contributed by atoms with E-state index in [2.05, 4.69) is 5.32 Å². The molecule has 9 heteroatoms. The molecule has 0 saturated carbocycles. The third-order valence-electron chi connectivity index (χ3n) is 5.19. The quantitative estimate of drug-likeness (QED) is 0.466. The van der Waals surface area contributed by atoms with E-state index in [1.54, 1.807) is 40.7 Å². The fourth-order valence-electron chi connectivity index (χ4n) is 3.43. The summed E-state index contributed by atoms with van der Waals surface area (Å²) in [4.78, 5) is 24.1. The number of sulfonamides is 1. The van der Waals surface area contributed by atoms with Gasteiger partial charge in [-0.1, -0.05) is 31.0 Å². The minimum atomic E-state index is -3.52. The lowest BCUT2D eigenvalue weighted by atomic mass is 10.2. The Hall–Kier alpha value is -3.17. The number of anilines is 1. The average Bonchev–Trinajstić information content (AvgIpc) is 3.12. The Balaban J connectivity index is 1.50. The second kappa shape index (κ2) is 11.6. The lowest BCUT2D eigenvalue weighted by Gasteiger charge is -2.19. The van der Waals surface area contributed by atoms with Crippen molar-refractivity contribution in [2.75, 3.05) is 32.1 Å². The number of hydrogen-bond acceptors (Lipinski definition) is 6. The molecule has 0 radical (unpaired) electrons. The zero-order valence-electron chi connectivity index (χ0n) is 18.5. The molecule has 33 heavy (non-hydrogen) atoms. The van der Waals surface area contributed by atoms with Gasteiger partial charge in [0.1, 0.15) is 5.75 Å². The predicted molar refractivity (Wildman–Crippen MR) is 125 cm³/mol. The summed E-state index contributed by atoms with van der Waals surface area (Å²) in [5.74, 6) is -0.567. The van der Waals surface area contributed by atoms with Crippen LogP contribution in [0.3, 0.4) is 0 Å². The maximum Gasteiger partial charge on any atom is 0.331 e. The van der Waals surface area contributed by atoms with Gasteiger partial charge in [-0.15, -0.1) is 0 Å². The number of rotatable bonds is 8. The van der Waals surface area contributed by atoms with Crippen LogP contribution in [0.2, 0.25) is 0 Å². The highest BCUT2D eigenvalue weighted by molar-refractivity contribution is 7.89. The number of nitrogens with zero attached hydrogens (tertiary/aromatic N) is 1. The van der Waals surface area contributed by atoms with Crippen molar-refractivity contribution >= 4 is 33.7 Å². The Morgan fingerprint density at radius 2 is 1.73 bits per heavy atom. The van der Waals surface area contributed by atoms with Crippen LogP contribution < -0.4 is 10.1 Å². The largest absolute Gasteiger partial charge is 0.497 e. The monoisotopic (exact) mass is 472 g/mol. The Kier molecular flexibility index (Phi) is 8.62. The summed E-state index contributed by atoms with van der Waals surface area (Å²) in [7, 11) is -1.99. The molecule has 176 valence electrons. The van der Waals surface area contributed by atoms with Crippen LogP contribution in [0.4, 0.5) is 5.69 Å². The van der Waals surface area contributed by atoms with Gasteiger partial charge in [-0.05, 0) is 48.7 Å². The van der Waals surface area contributed by atoms with Crippen molar-refractivity contribution in [3.63, 3.8) is 0 Å². The van der Waals surface area contributed by atoms with Gasteiger partial charge in [0.2, 0.25) is 10.0 Å². The lowest BCUT2D eigenvalue weighted by molar-refractivity contribution is -0.142. The number of carbonyl (C=O) groups excluding carboxylic acids is 2. The summed E-state index contributed by atoms with van der Waals surface area (Å²) in [6.45, 7) is 0.649. The molecular weight excluding hydrogens is 444 g/mol. The first-order valence-electron chi connectivity index (χ1n) is 10.8. The van der Waals surface area contributed by atoms with Crippen LogP contribution >= 0.6 is 0 Å². The van der Waals surface area contributed by atoms with Crippen LogP contribution in [0.15, 0.2) is 59.5 Å². The highest BCUT2D eigenvalue weighted by Crippen LogP contribution is 2.21. The number of hydrogen-bond donors (Lipinski definition) is 1. The molecule has 0 aliphatic carbocycles. The topological polar surface area (TPSA) is 102 Å². The van der Waals surface area contributed by atoms with Gasteiger partial charge in [0.15, 0.2) is 6.61 Å². The Bertz CT molecular complexity index is 1090. The maximum absolute atomic E-state index is 12.8. The molecule has 0 unspecified atom stereocenters. The Morgan fingerprint density at radius 3 is 2.39 bits per heavy atom. The standard InChI is InChI=1S/C24H28N2O6S/c1-31-21-8-6-7-20(17-21)25-23(27)18-32-24(28)14-11-19-9-12-22(13-10-19)33(29,30)26-15-4-2-3-5-16-26/h6-14,17H,2-5,15-16,18H2,1H3,(H,25,27)/b14-11+. The van der Waals surface area contributed by atoms with E-state index in [0.717, 1.165) is 25.7 Å². The van der Waals surface area contributed by atoms with Crippen molar-refractivity contribution in [2.24, 2.45) is 0 Å². The third kappa shape index (κ3) is 7.16. The van der Waals surface area contributed by atoms with Crippen LogP contribution in [-0.4, -0.2) is 51.4 Å². The smallest absolute Gasteiger partial charge is 0.331 e. The van der Waals surface area contributed by atoms with E-state index in [1.165, 1.54) is 31.4 Å². The molecule has 0 spiro atoms. The first-order chi connectivity index (χ1) is 15.9. The molecule has 1 fully saturated rings. The molecule has 0 bridgehead atoms. The van der Waals surface area contributed by atoms with E-state index in [-0.39, 0.29) is 4.90 Å². The van der Waals surface area contributed by atoms with Crippen molar-refractivity contribution in [1.82, 2.24) is 4.31 Å². The van der Waals surface area contributed by atoms with Gasteiger partial charge in [-0.3, -0.25) is 4.79 Å². The molecule has 1 aliphatic heterocycles. The number of esters is 1. The number of amides is 1. The summed E-state index contributed by atoms with van der Waals surface area (Å²) in [6.07, 6.45) is 6.55. The van der Waals surface area contributed by atoms with Crippen molar-refractivity contribution < 1.29 is 27.5 Å². The van der Waals surface area contributed by atoms with E-state index >= 15 is 0 Å². The maximum atomic E-state index is 12.8. The minimum Gasteiger partial charge on any atom is -0.497 e. The summed E-state index contributed by atoms with van der Waals surface area (Å²) in [5, 5.41) is 2.62. The molecule has 2 aromatic carbocycles. The van der Waals surface area contributed by atoms with Crippen molar-refractivity contribution in [1.29, 1.82) is 0 Å². The fourth-order valence-corrected chi connectivity index (χ4v) is 4.95. The zero-order chi connectivity index (χ0) is 23.7. The van der Waals surface area contributed by atoms with Gasteiger partial charge >= 0.3 is 5.97 Å². The van der Waals surface area contributed by atoms with E-state index in [1.807, 2.05) is 0 Å². The number of carbonyl (C=O) groups is 2. The van der Waals surface area contributed by atoms with Gasteiger partial charge in [0.25, 0.3) is 5.91 Å². The SMILES string of the molecule is COc1cccc(NC(=O)COC(=O)/C=C/c2ccc(S(=O)(=O)N3CCCCCC3)cc2)c1. The second-order valence-electron chi connectivity index (χ2n) is 7.61. The second-order valence-corrected chi connectivity index (χ2v) is 9.55. The van der Waals surface area contributed by atoms with E-state index < -0.39 is 28.5 Å². The van der Waals surface area contributed by atoms with Gasteiger partial charge in [-0.2, -0.15) is 4.31 Å². The van der Waals surface area contributed by atoms with Gasteiger partial charge in [0.05, 0.1) is 12.0 Å². The first kappa shape index (κ1) is 24.5. The van der Waals surface area contributed by atoms with E-state index in [4.69, 9.17) is 9.47 Å². The van der Waals surface area contributed by atoms with Crippen molar-refractivity contribution in [3.8, 4) is 5.75 Å². The zero-order valence-corrected chi connectivity index (χ0v) is 19.3. The number of nitrogens with one attached hydrogen (secondary N) is 1. The van der Waals surface area contributed by atoms with Crippen molar-refractivity contribution in [3.05, 3.63) is 60.2 Å². The predicted octanol–water partition coefficient (Wildman–Crippen LogP) is 3.46. The first-order valence-corrected chi connectivity index (χ1v) is 12.2. The molecule has 2 aromatic rings. The molecular formula is C24H28N2O6S. The lowest BCUT2D eigenvalue weighted by Crippen LogP contribution is -2.31. The van der Waals surface area contributed by atoms with Crippen LogP contribution in [0.25, 0.3) is 6.08 Å². The molecule has 1 heterocycles. The van der Waals surface area contributed by atoms with Crippen LogP contribution in [0.1, 0.15) is 31.2 Å². The van der Waals surface area contributed by atoms with E-state index in [9.17, 15) is 18.0 Å². The Labute approximate surface area is 194 Å². The molecule has 1 N–H and O–H groups in total. The molecule has 1 saturated heterocycles. The molecule has 1 amide bonds. The molecule has 8 nitrogen and oxygen atoms in total. The van der Waals surface area contributed by atoms with Crippen LogP contribution in [0, 0.1) is 0 Å². The van der Waals surface area contributed by atoms with E-state index in [0.29, 0.717) is 30.1 Å². The fraction of sp³-hybridized carbons (Fsp3) is 0.333. The van der Waals surface area contributed by atoms with Gasteiger partial charge < -0.3 is 14.8 Å². The minimum absolute atomic E-state index is 0.235. The number of benzene rings is 2. The third-order valence-corrected chi connectivity index (χ3v) is 7.11. The van der Waals surface area contributed by atoms with Gasteiger partial charge in [-0.25, -0.2) is 13.2 Å². The molecule has 3 rings (SSSR count). The van der Waals surface area contributed by atoms with Crippen LogP contribution in [-0.2, 0) is 24.3 Å². The summed E-state index contributed by atoms with van der Waals surface area (Å²) >= 11 is 0. The summed E-state index contributed by atoms with van der Waals surface area (Å²) in [5.41, 5.74) is 1.17. The normalized spacial score (nSPS) is 15.1.